The van der Waals surface area contributed by atoms with Crippen molar-refractivity contribution in [3.63, 3.8) is 0 Å². The molecule has 26 heavy (non-hydrogen) atoms. The number of rotatable bonds is 6. The third-order valence-electron chi connectivity index (χ3n) is 4.41. The van der Waals surface area contributed by atoms with E-state index >= 15 is 0 Å². The lowest BCUT2D eigenvalue weighted by molar-refractivity contribution is 0.0949. The molecule has 0 radical (unpaired) electrons. The Balaban J connectivity index is 1.44. The molecule has 0 atom stereocenters. The number of hydrogen-bond donors (Lipinski definition) is 3. The standard InChI is InChI=1S/C18H19N7O/c19-9-14-7-8-15(16(21-14)12-5-6-12)18(26)20-10-11-1-3-13(4-2-11)17-22-24-25-23-17/h1-4,7-8,12H,5-6,9-10,19H2,(H,20,26)(H,22,23,24,25). The van der Waals surface area contributed by atoms with Crippen molar-refractivity contribution in [3.05, 3.63) is 58.9 Å². The van der Waals surface area contributed by atoms with Crippen molar-refractivity contribution >= 4 is 5.91 Å². The van der Waals surface area contributed by atoms with E-state index in [1.54, 1.807) is 0 Å². The normalized spacial score (nSPS) is 13.6. The van der Waals surface area contributed by atoms with Crippen molar-refractivity contribution in [1.82, 2.24) is 30.9 Å². The highest BCUT2D eigenvalue weighted by atomic mass is 16.1. The fourth-order valence-corrected chi connectivity index (χ4v) is 2.82. The molecule has 1 amide bonds. The minimum Gasteiger partial charge on any atom is -0.348 e. The molecule has 4 rings (SSSR count). The van der Waals surface area contributed by atoms with Crippen LogP contribution in [-0.2, 0) is 13.1 Å². The van der Waals surface area contributed by atoms with Gasteiger partial charge in [0.2, 0.25) is 5.82 Å². The summed E-state index contributed by atoms with van der Waals surface area (Å²) in [7, 11) is 0. The van der Waals surface area contributed by atoms with E-state index in [0.29, 0.717) is 30.4 Å². The molecule has 1 aliphatic carbocycles. The molecule has 132 valence electrons. The van der Waals surface area contributed by atoms with Crippen LogP contribution in [-0.4, -0.2) is 31.5 Å². The zero-order chi connectivity index (χ0) is 17.9. The van der Waals surface area contributed by atoms with Crippen LogP contribution in [0.4, 0.5) is 0 Å². The van der Waals surface area contributed by atoms with Gasteiger partial charge in [0.15, 0.2) is 0 Å². The predicted molar refractivity (Wildman–Crippen MR) is 94.9 cm³/mol. The summed E-state index contributed by atoms with van der Waals surface area (Å²) in [5.74, 6) is 0.822. The third kappa shape index (κ3) is 3.45. The first kappa shape index (κ1) is 16.3. The van der Waals surface area contributed by atoms with Crippen LogP contribution in [0.25, 0.3) is 11.4 Å². The maximum atomic E-state index is 12.6. The van der Waals surface area contributed by atoms with Gasteiger partial charge >= 0.3 is 0 Å². The Morgan fingerprint density at radius 3 is 2.65 bits per heavy atom. The van der Waals surface area contributed by atoms with Crippen LogP contribution in [0.5, 0.6) is 0 Å². The monoisotopic (exact) mass is 349 g/mol. The Hall–Kier alpha value is -3.13. The minimum absolute atomic E-state index is 0.106. The second-order valence-corrected chi connectivity index (χ2v) is 6.33. The molecule has 2 aromatic heterocycles. The first-order chi connectivity index (χ1) is 12.7. The van der Waals surface area contributed by atoms with Gasteiger partial charge in [0, 0.05) is 24.6 Å². The average Bonchev–Trinajstić information content (AvgIpc) is 3.40. The SMILES string of the molecule is NCc1ccc(C(=O)NCc2ccc(-c3nn[nH]n3)cc2)c(C2CC2)n1. The number of hydrogen-bond acceptors (Lipinski definition) is 6. The zero-order valence-corrected chi connectivity index (χ0v) is 14.1. The lowest BCUT2D eigenvalue weighted by atomic mass is 10.1. The lowest BCUT2D eigenvalue weighted by Crippen LogP contribution is -2.24. The number of H-pyrrole nitrogens is 1. The first-order valence-electron chi connectivity index (χ1n) is 8.55. The van der Waals surface area contributed by atoms with Crippen molar-refractivity contribution in [2.45, 2.75) is 31.8 Å². The fraction of sp³-hybridized carbons (Fsp3) is 0.278. The van der Waals surface area contributed by atoms with E-state index in [9.17, 15) is 4.79 Å². The number of benzene rings is 1. The maximum Gasteiger partial charge on any atom is 0.253 e. The van der Waals surface area contributed by atoms with E-state index in [0.717, 1.165) is 35.4 Å². The van der Waals surface area contributed by atoms with E-state index in [-0.39, 0.29) is 5.91 Å². The molecule has 8 heteroatoms. The van der Waals surface area contributed by atoms with Crippen LogP contribution in [0.2, 0.25) is 0 Å². The number of tetrazole rings is 1. The van der Waals surface area contributed by atoms with Crippen LogP contribution in [0.1, 0.15) is 46.1 Å². The number of nitrogens with zero attached hydrogens (tertiary/aromatic N) is 4. The Morgan fingerprint density at radius 1 is 1.19 bits per heavy atom. The maximum absolute atomic E-state index is 12.6. The molecule has 0 saturated heterocycles. The van der Waals surface area contributed by atoms with E-state index < -0.39 is 0 Å². The summed E-state index contributed by atoms with van der Waals surface area (Å²) in [6, 6.07) is 11.3. The summed E-state index contributed by atoms with van der Waals surface area (Å²) in [5.41, 5.74) is 9.87. The third-order valence-corrected chi connectivity index (χ3v) is 4.41. The number of carbonyl (C=O) groups is 1. The molecule has 2 heterocycles. The molecule has 3 aromatic rings. The van der Waals surface area contributed by atoms with E-state index in [1.165, 1.54) is 0 Å². The highest BCUT2D eigenvalue weighted by Crippen LogP contribution is 2.40. The molecule has 1 aromatic carbocycles. The smallest absolute Gasteiger partial charge is 0.253 e. The highest BCUT2D eigenvalue weighted by molar-refractivity contribution is 5.95. The Labute approximate surface area is 150 Å². The van der Waals surface area contributed by atoms with Crippen LogP contribution < -0.4 is 11.1 Å². The summed E-state index contributed by atoms with van der Waals surface area (Å²) in [6.07, 6.45) is 2.16. The summed E-state index contributed by atoms with van der Waals surface area (Å²) in [5, 5.41) is 16.8. The molecule has 0 unspecified atom stereocenters. The average molecular weight is 349 g/mol. The van der Waals surface area contributed by atoms with Gasteiger partial charge in [-0.2, -0.15) is 5.21 Å². The van der Waals surface area contributed by atoms with Crippen molar-refractivity contribution < 1.29 is 4.79 Å². The Bertz CT molecular complexity index is 902. The molecule has 8 nitrogen and oxygen atoms in total. The second-order valence-electron chi connectivity index (χ2n) is 6.33. The second kappa shape index (κ2) is 7.01. The number of amides is 1. The summed E-state index contributed by atoms with van der Waals surface area (Å²) >= 11 is 0. The fourth-order valence-electron chi connectivity index (χ4n) is 2.82. The Kier molecular flexibility index (Phi) is 4.40. The van der Waals surface area contributed by atoms with Crippen LogP contribution in [0.15, 0.2) is 36.4 Å². The molecule has 0 bridgehead atoms. The molecule has 1 fully saturated rings. The van der Waals surface area contributed by atoms with Crippen molar-refractivity contribution in [2.24, 2.45) is 5.73 Å². The van der Waals surface area contributed by atoms with Crippen molar-refractivity contribution in [1.29, 1.82) is 0 Å². The summed E-state index contributed by atoms with van der Waals surface area (Å²) in [6.45, 7) is 0.822. The van der Waals surface area contributed by atoms with E-state index in [2.05, 4.69) is 30.9 Å². The van der Waals surface area contributed by atoms with Gasteiger partial charge in [0.25, 0.3) is 5.91 Å². The van der Waals surface area contributed by atoms with E-state index in [4.69, 9.17) is 5.73 Å². The van der Waals surface area contributed by atoms with Gasteiger partial charge in [-0.25, -0.2) is 0 Å². The minimum atomic E-state index is -0.106. The highest BCUT2D eigenvalue weighted by Gasteiger charge is 2.29. The summed E-state index contributed by atoms with van der Waals surface area (Å²) < 4.78 is 0. The van der Waals surface area contributed by atoms with Crippen LogP contribution in [0, 0.1) is 0 Å². The zero-order valence-electron chi connectivity index (χ0n) is 14.1. The van der Waals surface area contributed by atoms with Crippen LogP contribution >= 0.6 is 0 Å². The molecular weight excluding hydrogens is 330 g/mol. The number of aromatic nitrogens is 5. The molecule has 4 N–H and O–H groups in total. The first-order valence-corrected chi connectivity index (χ1v) is 8.55. The quantitative estimate of drug-likeness (QED) is 0.620. The molecule has 0 spiro atoms. The van der Waals surface area contributed by atoms with Gasteiger partial charge in [-0.3, -0.25) is 9.78 Å². The van der Waals surface area contributed by atoms with Gasteiger partial charge in [0.1, 0.15) is 0 Å². The van der Waals surface area contributed by atoms with Crippen LogP contribution in [0.3, 0.4) is 0 Å². The molecular formula is C18H19N7O. The molecule has 1 aliphatic rings. The molecule has 1 saturated carbocycles. The number of aromatic amines is 1. The van der Waals surface area contributed by atoms with Gasteiger partial charge < -0.3 is 11.1 Å². The number of nitrogens with one attached hydrogen (secondary N) is 2. The largest absolute Gasteiger partial charge is 0.348 e. The number of carbonyl (C=O) groups excluding carboxylic acids is 1. The predicted octanol–water partition coefficient (Wildman–Crippen LogP) is 1.53. The molecule has 0 aliphatic heterocycles. The van der Waals surface area contributed by atoms with Gasteiger partial charge in [-0.05, 0) is 35.8 Å². The number of pyridine rings is 1. The Morgan fingerprint density at radius 2 is 2.00 bits per heavy atom. The van der Waals surface area contributed by atoms with Gasteiger partial charge in [0.05, 0.1) is 17.0 Å². The van der Waals surface area contributed by atoms with Gasteiger partial charge in [-0.15, -0.1) is 10.2 Å². The summed E-state index contributed by atoms with van der Waals surface area (Å²) in [4.78, 5) is 17.2. The van der Waals surface area contributed by atoms with Crippen molar-refractivity contribution in [2.75, 3.05) is 0 Å². The number of nitrogens with two attached hydrogens (primary N) is 1. The van der Waals surface area contributed by atoms with Gasteiger partial charge in [-0.1, -0.05) is 24.3 Å². The van der Waals surface area contributed by atoms with Crippen molar-refractivity contribution in [3.8, 4) is 11.4 Å². The topological polar surface area (TPSA) is 122 Å². The van der Waals surface area contributed by atoms with E-state index in [1.807, 2.05) is 36.4 Å². The lowest BCUT2D eigenvalue weighted by Gasteiger charge is -2.11.